The summed E-state index contributed by atoms with van der Waals surface area (Å²) in [4.78, 5) is 25.4. The van der Waals surface area contributed by atoms with E-state index in [1.165, 1.54) is 42.5 Å². The summed E-state index contributed by atoms with van der Waals surface area (Å²) < 4.78 is 42.0. The molecule has 2 aromatic carbocycles. The Hall–Kier alpha value is -3.30. The fourth-order valence-electron chi connectivity index (χ4n) is 3.09. The van der Waals surface area contributed by atoms with Crippen molar-refractivity contribution in [3.05, 3.63) is 58.1 Å². The first-order valence-corrected chi connectivity index (χ1v) is 8.88. The van der Waals surface area contributed by atoms with Gasteiger partial charge in [-0.05, 0) is 37.1 Å². The number of alkyl halides is 3. The van der Waals surface area contributed by atoms with Crippen LogP contribution in [0.2, 0.25) is 0 Å². The quantitative estimate of drug-likeness (QED) is 0.565. The lowest BCUT2D eigenvalue weighted by Crippen LogP contribution is -2.21. The Kier molecular flexibility index (Phi) is 5.90. The Morgan fingerprint density at radius 3 is 2.52 bits per heavy atom. The second kappa shape index (κ2) is 8.38. The molecule has 2 aromatic rings. The van der Waals surface area contributed by atoms with Crippen molar-refractivity contribution in [1.82, 2.24) is 0 Å². The lowest BCUT2D eigenvalue weighted by Gasteiger charge is -2.18. The van der Waals surface area contributed by atoms with E-state index in [2.05, 4.69) is 5.32 Å². The molecule has 0 aliphatic carbocycles. The molecule has 0 aromatic heterocycles. The van der Waals surface area contributed by atoms with Crippen molar-refractivity contribution in [1.29, 1.82) is 0 Å². The predicted octanol–water partition coefficient (Wildman–Crippen LogP) is 4.39. The molecule has 0 spiro atoms. The average Bonchev–Trinajstić information content (AvgIpc) is 3.20. The minimum Gasteiger partial charge on any atom is -0.482 e. The van der Waals surface area contributed by atoms with Crippen molar-refractivity contribution < 1.29 is 27.6 Å². The smallest absolute Gasteiger partial charge is 0.422 e. The zero-order valence-corrected chi connectivity index (χ0v) is 15.2. The third-order valence-corrected chi connectivity index (χ3v) is 4.41. The maximum absolute atomic E-state index is 12.5. The maximum atomic E-state index is 12.5. The molecule has 10 heteroatoms. The Bertz CT molecular complexity index is 912. The number of anilines is 2. The van der Waals surface area contributed by atoms with Crippen LogP contribution in [0.5, 0.6) is 5.75 Å². The van der Waals surface area contributed by atoms with Gasteiger partial charge in [-0.3, -0.25) is 14.9 Å². The average molecular weight is 409 g/mol. The van der Waals surface area contributed by atoms with Crippen molar-refractivity contribution in [2.75, 3.05) is 29.9 Å². The first-order chi connectivity index (χ1) is 13.7. The van der Waals surface area contributed by atoms with Crippen LogP contribution in [0.4, 0.5) is 30.2 Å². The fraction of sp³-hybridized carbons (Fsp3) is 0.316. The fourth-order valence-corrected chi connectivity index (χ4v) is 3.09. The number of carbonyl (C=O) groups is 1. The summed E-state index contributed by atoms with van der Waals surface area (Å²) in [6.45, 7) is -0.0947. The molecule has 0 radical (unpaired) electrons. The van der Waals surface area contributed by atoms with Gasteiger partial charge in [-0.1, -0.05) is 12.1 Å². The number of ether oxygens (including phenoxy) is 1. The second-order valence-electron chi connectivity index (χ2n) is 6.51. The van der Waals surface area contributed by atoms with Crippen molar-refractivity contribution in [3.8, 4) is 5.75 Å². The summed E-state index contributed by atoms with van der Waals surface area (Å²) in [6.07, 6.45) is -2.65. The number of benzene rings is 2. The van der Waals surface area contributed by atoms with E-state index in [4.69, 9.17) is 4.74 Å². The number of para-hydroxylation sites is 2. The molecular weight excluding hydrogens is 391 g/mol. The van der Waals surface area contributed by atoms with Gasteiger partial charge in [0.1, 0.15) is 11.4 Å². The Morgan fingerprint density at radius 1 is 1.17 bits per heavy atom. The summed E-state index contributed by atoms with van der Waals surface area (Å²) >= 11 is 0. The van der Waals surface area contributed by atoms with Gasteiger partial charge in [0, 0.05) is 24.7 Å². The van der Waals surface area contributed by atoms with Crippen LogP contribution in [0.15, 0.2) is 42.5 Å². The number of hydrogen-bond acceptors (Lipinski definition) is 5. The number of carbonyl (C=O) groups excluding carboxylic acids is 1. The van der Waals surface area contributed by atoms with E-state index >= 15 is 0 Å². The van der Waals surface area contributed by atoms with Gasteiger partial charge in [0.15, 0.2) is 6.61 Å². The molecule has 0 bridgehead atoms. The largest absolute Gasteiger partial charge is 0.482 e. The van der Waals surface area contributed by atoms with Crippen LogP contribution in [0.3, 0.4) is 0 Å². The monoisotopic (exact) mass is 409 g/mol. The zero-order valence-electron chi connectivity index (χ0n) is 15.2. The molecule has 0 atom stereocenters. The van der Waals surface area contributed by atoms with E-state index in [0.29, 0.717) is 18.8 Å². The van der Waals surface area contributed by atoms with Gasteiger partial charge in [0.25, 0.3) is 11.6 Å². The van der Waals surface area contributed by atoms with E-state index in [1.807, 2.05) is 4.90 Å². The van der Waals surface area contributed by atoms with Gasteiger partial charge in [0.2, 0.25) is 0 Å². The topological polar surface area (TPSA) is 84.7 Å². The molecule has 1 saturated heterocycles. The number of nitrogens with one attached hydrogen (secondary N) is 1. The number of amides is 1. The van der Waals surface area contributed by atoms with Gasteiger partial charge in [-0.15, -0.1) is 0 Å². The third kappa shape index (κ3) is 5.15. The molecule has 3 rings (SSSR count). The number of rotatable bonds is 6. The minimum atomic E-state index is -4.52. The molecule has 29 heavy (non-hydrogen) atoms. The Balaban J connectivity index is 1.81. The molecule has 1 fully saturated rings. The third-order valence-electron chi connectivity index (χ3n) is 4.41. The highest BCUT2D eigenvalue weighted by atomic mass is 19.4. The van der Waals surface area contributed by atoms with Crippen LogP contribution in [-0.2, 0) is 0 Å². The maximum Gasteiger partial charge on any atom is 0.422 e. The van der Waals surface area contributed by atoms with Crippen LogP contribution in [0.25, 0.3) is 0 Å². The molecule has 1 N–H and O–H groups in total. The molecule has 154 valence electrons. The van der Waals surface area contributed by atoms with E-state index < -0.39 is 23.6 Å². The predicted molar refractivity (Wildman–Crippen MR) is 100 cm³/mol. The lowest BCUT2D eigenvalue weighted by molar-refractivity contribution is -0.384. The highest BCUT2D eigenvalue weighted by molar-refractivity contribution is 6.05. The summed E-state index contributed by atoms with van der Waals surface area (Å²) in [5.41, 5.74) is 0.303. The lowest BCUT2D eigenvalue weighted by atomic mass is 10.1. The number of halogens is 3. The van der Waals surface area contributed by atoms with Crippen molar-refractivity contribution in [2.45, 2.75) is 19.0 Å². The normalized spacial score (nSPS) is 14.0. The minimum absolute atomic E-state index is 0.0188. The van der Waals surface area contributed by atoms with E-state index in [1.54, 1.807) is 0 Å². The summed E-state index contributed by atoms with van der Waals surface area (Å²) in [7, 11) is 0. The van der Waals surface area contributed by atoms with Gasteiger partial charge in [-0.2, -0.15) is 13.2 Å². The van der Waals surface area contributed by atoms with Crippen LogP contribution in [-0.4, -0.2) is 36.7 Å². The SMILES string of the molecule is O=C(Nc1ccccc1OCC(F)(F)F)c1ccc(N2CCCC2)c([N+](=O)[O-])c1. The van der Waals surface area contributed by atoms with Gasteiger partial charge in [-0.25, -0.2) is 0 Å². The van der Waals surface area contributed by atoms with Crippen LogP contribution in [0.1, 0.15) is 23.2 Å². The van der Waals surface area contributed by atoms with E-state index in [0.717, 1.165) is 12.8 Å². The molecule has 1 amide bonds. The highest BCUT2D eigenvalue weighted by Gasteiger charge is 2.29. The van der Waals surface area contributed by atoms with E-state index in [-0.39, 0.29) is 22.7 Å². The number of hydrogen-bond donors (Lipinski definition) is 1. The van der Waals surface area contributed by atoms with Crippen molar-refractivity contribution in [2.24, 2.45) is 0 Å². The molecular formula is C19H18F3N3O4. The summed E-state index contributed by atoms with van der Waals surface area (Å²) in [5, 5.41) is 13.9. The molecule has 1 aliphatic rings. The second-order valence-corrected chi connectivity index (χ2v) is 6.51. The summed E-state index contributed by atoms with van der Waals surface area (Å²) in [6, 6.07) is 9.81. The molecule has 1 aliphatic heterocycles. The molecule has 0 saturated carbocycles. The van der Waals surface area contributed by atoms with Crippen LogP contribution >= 0.6 is 0 Å². The zero-order chi connectivity index (χ0) is 21.0. The van der Waals surface area contributed by atoms with Crippen LogP contribution < -0.4 is 15.0 Å². The summed E-state index contributed by atoms with van der Waals surface area (Å²) in [5.74, 6) is -0.842. The first-order valence-electron chi connectivity index (χ1n) is 8.88. The Labute approximate surface area is 164 Å². The van der Waals surface area contributed by atoms with Gasteiger partial charge in [0.05, 0.1) is 10.6 Å². The first kappa shape index (κ1) is 20.4. The van der Waals surface area contributed by atoms with Crippen LogP contribution in [0, 0.1) is 10.1 Å². The molecule has 7 nitrogen and oxygen atoms in total. The molecule has 0 unspecified atom stereocenters. The molecule has 1 heterocycles. The number of nitrogens with zero attached hydrogens (tertiary/aromatic N) is 2. The Morgan fingerprint density at radius 2 is 1.86 bits per heavy atom. The van der Waals surface area contributed by atoms with Gasteiger partial charge < -0.3 is 15.0 Å². The van der Waals surface area contributed by atoms with E-state index in [9.17, 15) is 28.1 Å². The van der Waals surface area contributed by atoms with Gasteiger partial charge >= 0.3 is 6.18 Å². The number of nitro benzene ring substituents is 1. The van der Waals surface area contributed by atoms with Crippen molar-refractivity contribution >= 4 is 23.0 Å². The number of nitro groups is 1. The van der Waals surface area contributed by atoms with Crippen molar-refractivity contribution in [3.63, 3.8) is 0 Å². The highest BCUT2D eigenvalue weighted by Crippen LogP contribution is 2.32. The standard InChI is InChI=1S/C19H18F3N3O4/c20-19(21,22)12-29-17-6-2-1-5-14(17)23-18(26)13-7-8-15(16(11-13)25(27)28)24-9-3-4-10-24/h1-2,5-8,11H,3-4,9-10,12H2,(H,23,26).